The summed E-state index contributed by atoms with van der Waals surface area (Å²) in [4.78, 5) is 3.88. The Morgan fingerprint density at radius 2 is 2.60 bits per heavy atom. The molecule has 2 nitrogen and oxygen atoms in total. The number of pyridine rings is 1. The molecule has 1 heterocycles. The molecule has 1 aromatic heterocycles. The molecule has 0 aromatic carbocycles. The minimum Gasteiger partial charge on any atom is -0.491 e. The first-order valence-corrected chi connectivity index (χ1v) is 3.38. The Morgan fingerprint density at radius 3 is 3.20 bits per heavy atom. The third-order valence-corrected chi connectivity index (χ3v) is 1.04. The van der Waals surface area contributed by atoms with Crippen LogP contribution in [0.5, 0.6) is 5.75 Å². The minimum atomic E-state index is 0.726. The molecular formula is C8H10NO. The maximum absolute atomic E-state index is 5.24. The predicted molar refractivity (Wildman–Crippen MR) is 38.9 cm³/mol. The Morgan fingerprint density at radius 1 is 1.70 bits per heavy atom. The van der Waals surface area contributed by atoms with Crippen LogP contribution in [0.25, 0.3) is 0 Å². The lowest BCUT2D eigenvalue weighted by Gasteiger charge is -2.00. The normalized spacial score (nSPS) is 9.30. The second kappa shape index (κ2) is 3.88. The van der Waals surface area contributed by atoms with Gasteiger partial charge < -0.3 is 4.74 Å². The van der Waals surface area contributed by atoms with E-state index in [0.717, 1.165) is 18.8 Å². The molecule has 53 valence electrons. The van der Waals surface area contributed by atoms with Crippen LogP contribution < -0.4 is 4.74 Å². The van der Waals surface area contributed by atoms with Crippen LogP contribution in [0.3, 0.4) is 0 Å². The number of hydrogen-bond donors (Lipinski definition) is 0. The molecule has 1 radical (unpaired) electrons. The van der Waals surface area contributed by atoms with Gasteiger partial charge in [0, 0.05) is 12.3 Å². The molecule has 1 rings (SSSR count). The standard InChI is InChI=1S/C8H10NO/c1-2-6-10-8-4-3-5-9-7-8/h3,5,7H,2,6H2,1H3. The van der Waals surface area contributed by atoms with Crippen molar-refractivity contribution in [2.45, 2.75) is 13.3 Å². The van der Waals surface area contributed by atoms with E-state index in [2.05, 4.69) is 18.0 Å². The van der Waals surface area contributed by atoms with Crippen LogP contribution >= 0.6 is 0 Å². The van der Waals surface area contributed by atoms with Gasteiger partial charge in [0.2, 0.25) is 0 Å². The van der Waals surface area contributed by atoms with Gasteiger partial charge in [-0.15, -0.1) is 0 Å². The van der Waals surface area contributed by atoms with Gasteiger partial charge in [0.15, 0.2) is 0 Å². The molecule has 0 atom stereocenters. The second-order valence-electron chi connectivity index (χ2n) is 1.95. The maximum atomic E-state index is 5.24. The molecule has 0 bridgehead atoms. The summed E-state index contributed by atoms with van der Waals surface area (Å²) in [6, 6.07) is 4.66. The molecule has 0 aliphatic carbocycles. The van der Waals surface area contributed by atoms with E-state index in [-0.39, 0.29) is 0 Å². The van der Waals surface area contributed by atoms with Crippen LogP contribution in [0.1, 0.15) is 13.3 Å². The van der Waals surface area contributed by atoms with Gasteiger partial charge in [0.1, 0.15) is 5.75 Å². The molecule has 0 saturated heterocycles. The summed E-state index contributed by atoms with van der Waals surface area (Å²) in [6.45, 7) is 2.80. The molecule has 0 saturated carbocycles. The Kier molecular flexibility index (Phi) is 2.74. The highest BCUT2D eigenvalue weighted by atomic mass is 16.5. The molecule has 0 aliphatic heterocycles. The SMILES string of the molecule is CCCOc1[c]ccnc1. The zero-order valence-electron chi connectivity index (χ0n) is 6.00. The summed E-state index contributed by atoms with van der Waals surface area (Å²) in [7, 11) is 0. The fraction of sp³-hybridized carbons (Fsp3) is 0.375. The summed E-state index contributed by atoms with van der Waals surface area (Å²) in [5.41, 5.74) is 0. The van der Waals surface area contributed by atoms with Crippen molar-refractivity contribution in [1.29, 1.82) is 0 Å². The first-order chi connectivity index (χ1) is 4.93. The van der Waals surface area contributed by atoms with Crippen molar-refractivity contribution in [1.82, 2.24) is 4.98 Å². The monoisotopic (exact) mass is 136 g/mol. The molecular weight excluding hydrogens is 126 g/mol. The summed E-state index contributed by atoms with van der Waals surface area (Å²) in [5, 5.41) is 0. The lowest BCUT2D eigenvalue weighted by atomic mass is 10.4. The number of hydrogen-bond acceptors (Lipinski definition) is 2. The highest BCUT2D eigenvalue weighted by molar-refractivity contribution is 5.13. The van der Waals surface area contributed by atoms with E-state index in [9.17, 15) is 0 Å². The summed E-state index contributed by atoms with van der Waals surface area (Å²) in [5.74, 6) is 0.726. The Balaban J connectivity index is 2.43. The van der Waals surface area contributed by atoms with Crippen LogP contribution in [0.2, 0.25) is 0 Å². The van der Waals surface area contributed by atoms with E-state index in [0.29, 0.717) is 0 Å². The minimum absolute atomic E-state index is 0.726. The fourth-order valence-corrected chi connectivity index (χ4v) is 0.601. The zero-order valence-corrected chi connectivity index (χ0v) is 6.00. The van der Waals surface area contributed by atoms with E-state index in [1.807, 2.05) is 0 Å². The lowest BCUT2D eigenvalue weighted by Crippen LogP contribution is -1.94. The topological polar surface area (TPSA) is 22.1 Å². The molecule has 0 aliphatic rings. The maximum Gasteiger partial charge on any atom is 0.145 e. The average Bonchev–Trinajstić information content (AvgIpc) is 2.03. The quantitative estimate of drug-likeness (QED) is 0.630. The van der Waals surface area contributed by atoms with Crippen molar-refractivity contribution < 1.29 is 4.74 Å². The van der Waals surface area contributed by atoms with Crippen molar-refractivity contribution in [3.05, 3.63) is 24.5 Å². The Hall–Kier alpha value is -1.05. The van der Waals surface area contributed by atoms with Gasteiger partial charge in [-0.3, -0.25) is 4.98 Å². The van der Waals surface area contributed by atoms with Crippen LogP contribution in [0.15, 0.2) is 18.5 Å². The summed E-state index contributed by atoms with van der Waals surface area (Å²) < 4.78 is 5.24. The molecule has 0 N–H and O–H groups in total. The van der Waals surface area contributed by atoms with Gasteiger partial charge in [-0.2, -0.15) is 0 Å². The van der Waals surface area contributed by atoms with E-state index >= 15 is 0 Å². The van der Waals surface area contributed by atoms with Gasteiger partial charge in [0.25, 0.3) is 0 Å². The van der Waals surface area contributed by atoms with Crippen molar-refractivity contribution in [2.24, 2.45) is 0 Å². The van der Waals surface area contributed by atoms with Gasteiger partial charge in [0.05, 0.1) is 12.8 Å². The van der Waals surface area contributed by atoms with Crippen molar-refractivity contribution in [3.63, 3.8) is 0 Å². The number of rotatable bonds is 3. The van der Waals surface area contributed by atoms with Crippen molar-refractivity contribution in [3.8, 4) is 5.75 Å². The second-order valence-corrected chi connectivity index (χ2v) is 1.95. The number of nitrogens with zero attached hydrogens (tertiary/aromatic N) is 1. The third kappa shape index (κ3) is 2.05. The molecule has 0 unspecified atom stereocenters. The molecule has 0 spiro atoms. The zero-order chi connectivity index (χ0) is 7.23. The molecule has 0 amide bonds. The molecule has 1 aromatic rings. The predicted octanol–water partition coefficient (Wildman–Crippen LogP) is 1.67. The van der Waals surface area contributed by atoms with Crippen LogP contribution in [0, 0.1) is 6.07 Å². The van der Waals surface area contributed by atoms with E-state index in [1.54, 1.807) is 18.5 Å². The molecule has 10 heavy (non-hydrogen) atoms. The number of ether oxygens (including phenoxy) is 1. The summed E-state index contributed by atoms with van der Waals surface area (Å²) in [6.07, 6.45) is 4.36. The molecule has 2 heteroatoms. The first kappa shape index (κ1) is 7.06. The van der Waals surface area contributed by atoms with Gasteiger partial charge in [-0.05, 0) is 12.5 Å². The highest BCUT2D eigenvalue weighted by Crippen LogP contribution is 2.04. The summed E-state index contributed by atoms with van der Waals surface area (Å²) >= 11 is 0. The Labute approximate surface area is 60.9 Å². The smallest absolute Gasteiger partial charge is 0.145 e. The largest absolute Gasteiger partial charge is 0.491 e. The highest BCUT2D eigenvalue weighted by Gasteiger charge is 1.88. The third-order valence-electron chi connectivity index (χ3n) is 1.04. The number of aromatic nitrogens is 1. The van der Waals surface area contributed by atoms with Gasteiger partial charge in [-0.1, -0.05) is 6.92 Å². The van der Waals surface area contributed by atoms with Crippen molar-refractivity contribution >= 4 is 0 Å². The van der Waals surface area contributed by atoms with Crippen LogP contribution in [-0.2, 0) is 0 Å². The van der Waals surface area contributed by atoms with E-state index in [4.69, 9.17) is 4.74 Å². The van der Waals surface area contributed by atoms with Gasteiger partial charge >= 0.3 is 0 Å². The van der Waals surface area contributed by atoms with Crippen LogP contribution in [-0.4, -0.2) is 11.6 Å². The fourth-order valence-electron chi connectivity index (χ4n) is 0.601. The molecule has 0 fully saturated rings. The van der Waals surface area contributed by atoms with Crippen molar-refractivity contribution in [2.75, 3.05) is 6.61 Å². The van der Waals surface area contributed by atoms with Gasteiger partial charge in [-0.25, -0.2) is 0 Å². The average molecular weight is 136 g/mol. The Bertz CT molecular complexity index is 174. The van der Waals surface area contributed by atoms with E-state index < -0.39 is 0 Å². The lowest BCUT2D eigenvalue weighted by molar-refractivity contribution is 0.315. The van der Waals surface area contributed by atoms with E-state index in [1.165, 1.54) is 0 Å². The first-order valence-electron chi connectivity index (χ1n) is 3.38. The van der Waals surface area contributed by atoms with Crippen LogP contribution in [0.4, 0.5) is 0 Å².